The minimum Gasteiger partial charge on any atom is -0.351 e. The molecule has 0 aliphatic rings. The number of hydrogen-bond acceptors (Lipinski definition) is 5. The summed E-state index contributed by atoms with van der Waals surface area (Å²) < 4.78 is 41.0. The molecule has 2 rings (SSSR count). The van der Waals surface area contributed by atoms with Crippen molar-refractivity contribution in [2.24, 2.45) is 0 Å². The van der Waals surface area contributed by atoms with Crippen LogP contribution in [0.4, 0.5) is 18.9 Å². The maximum atomic E-state index is 13.5. The Balaban J connectivity index is 2.38. The lowest BCUT2D eigenvalue weighted by molar-refractivity contribution is -0.384. The molecule has 1 N–H and O–H groups in total. The van der Waals surface area contributed by atoms with Crippen LogP contribution in [0.2, 0.25) is 0 Å². The lowest BCUT2D eigenvalue weighted by Crippen LogP contribution is -2.32. The fourth-order valence-corrected chi connectivity index (χ4v) is 2.19. The Labute approximate surface area is 146 Å². The van der Waals surface area contributed by atoms with Crippen molar-refractivity contribution in [3.63, 3.8) is 0 Å². The van der Waals surface area contributed by atoms with Crippen LogP contribution in [0.25, 0.3) is 5.69 Å². The Hall–Kier alpha value is -2.95. The zero-order valence-electron chi connectivity index (χ0n) is 13.9. The Kier molecular flexibility index (Phi) is 5.60. The van der Waals surface area contributed by atoms with Crippen molar-refractivity contribution < 1.29 is 22.9 Å². The molecule has 0 saturated heterocycles. The summed E-state index contributed by atoms with van der Waals surface area (Å²) in [5.41, 5.74) is -2.17. The average molecular weight is 371 g/mol. The van der Waals surface area contributed by atoms with Gasteiger partial charge in [0.05, 0.1) is 22.4 Å². The van der Waals surface area contributed by atoms with Crippen molar-refractivity contribution in [2.45, 2.75) is 6.18 Å². The summed E-state index contributed by atoms with van der Waals surface area (Å²) in [6.07, 6.45) is -4.01. The van der Waals surface area contributed by atoms with Crippen molar-refractivity contribution in [1.82, 2.24) is 20.0 Å². The highest BCUT2D eigenvalue weighted by molar-refractivity contribution is 5.95. The van der Waals surface area contributed by atoms with Crippen LogP contribution in [0.1, 0.15) is 16.1 Å². The second-order valence-corrected chi connectivity index (χ2v) is 5.65. The molecule has 0 bridgehead atoms. The van der Waals surface area contributed by atoms with Crippen molar-refractivity contribution in [2.75, 3.05) is 27.2 Å². The summed E-state index contributed by atoms with van der Waals surface area (Å²) in [5, 5.41) is 16.7. The number of nitrogens with zero attached hydrogens (tertiary/aromatic N) is 4. The number of aromatic nitrogens is 2. The topological polar surface area (TPSA) is 93.3 Å². The van der Waals surface area contributed by atoms with E-state index in [1.807, 2.05) is 0 Å². The number of nitro benzene ring substituents is 1. The summed E-state index contributed by atoms with van der Waals surface area (Å²) >= 11 is 0. The van der Waals surface area contributed by atoms with Crippen LogP contribution >= 0.6 is 0 Å². The quantitative estimate of drug-likeness (QED) is 0.620. The van der Waals surface area contributed by atoms with E-state index in [2.05, 4.69) is 10.4 Å². The SMILES string of the molecule is CN(C)CCNC(=O)c1cnn(-c2ccc([N+](=O)[O-])cc2)c1C(F)(F)F. The molecule has 8 nitrogen and oxygen atoms in total. The molecule has 0 atom stereocenters. The molecule has 26 heavy (non-hydrogen) atoms. The first kappa shape index (κ1) is 19.4. The van der Waals surface area contributed by atoms with Crippen molar-refractivity contribution in [3.8, 4) is 5.69 Å². The maximum Gasteiger partial charge on any atom is 0.434 e. The minimum atomic E-state index is -4.84. The molecule has 0 aliphatic carbocycles. The number of nitro groups is 1. The Morgan fingerprint density at radius 2 is 1.92 bits per heavy atom. The van der Waals surface area contributed by atoms with E-state index in [4.69, 9.17) is 0 Å². The van der Waals surface area contributed by atoms with Crippen LogP contribution in [0.3, 0.4) is 0 Å². The number of halogens is 3. The average Bonchev–Trinajstić information content (AvgIpc) is 2.99. The molecular formula is C15H16F3N5O3. The van der Waals surface area contributed by atoms with E-state index in [1.54, 1.807) is 19.0 Å². The predicted molar refractivity (Wildman–Crippen MR) is 86.1 cm³/mol. The third-order valence-corrected chi connectivity index (χ3v) is 3.43. The van der Waals surface area contributed by atoms with Gasteiger partial charge < -0.3 is 10.2 Å². The molecule has 1 aromatic carbocycles. The normalized spacial score (nSPS) is 11.6. The van der Waals surface area contributed by atoms with Gasteiger partial charge in [0.15, 0.2) is 5.69 Å². The monoisotopic (exact) mass is 371 g/mol. The largest absolute Gasteiger partial charge is 0.434 e. The fraction of sp³-hybridized carbons (Fsp3) is 0.333. The van der Waals surface area contributed by atoms with E-state index in [0.29, 0.717) is 11.2 Å². The molecule has 2 aromatic rings. The first-order valence-electron chi connectivity index (χ1n) is 7.44. The number of amides is 1. The highest BCUT2D eigenvalue weighted by Crippen LogP contribution is 2.33. The number of nitrogens with one attached hydrogen (secondary N) is 1. The standard InChI is InChI=1S/C15H16F3N5O3/c1-21(2)8-7-19-14(24)12-9-20-22(13(12)15(16,17)18)10-3-5-11(6-4-10)23(25)26/h3-6,9H,7-8H2,1-2H3,(H,19,24). The van der Waals surface area contributed by atoms with Gasteiger partial charge in [0.2, 0.25) is 0 Å². The van der Waals surface area contributed by atoms with E-state index in [0.717, 1.165) is 30.5 Å². The highest BCUT2D eigenvalue weighted by Gasteiger charge is 2.40. The molecule has 0 spiro atoms. The van der Waals surface area contributed by atoms with Gasteiger partial charge in [-0.2, -0.15) is 18.3 Å². The van der Waals surface area contributed by atoms with Gasteiger partial charge in [0.25, 0.3) is 11.6 Å². The highest BCUT2D eigenvalue weighted by atomic mass is 19.4. The molecule has 0 aliphatic heterocycles. The van der Waals surface area contributed by atoms with Crippen molar-refractivity contribution in [1.29, 1.82) is 0 Å². The van der Waals surface area contributed by atoms with Crippen LogP contribution in [-0.2, 0) is 6.18 Å². The van der Waals surface area contributed by atoms with E-state index in [1.165, 1.54) is 0 Å². The first-order chi connectivity index (χ1) is 12.1. The van der Waals surface area contributed by atoms with Crippen LogP contribution < -0.4 is 5.32 Å². The van der Waals surface area contributed by atoms with Crippen LogP contribution in [0.5, 0.6) is 0 Å². The number of alkyl halides is 3. The summed E-state index contributed by atoms with van der Waals surface area (Å²) in [5.74, 6) is -0.896. The molecule has 0 fully saturated rings. The number of likely N-dealkylation sites (N-methyl/N-ethyl adjacent to an activating group) is 1. The Bertz CT molecular complexity index is 800. The van der Waals surface area contributed by atoms with Gasteiger partial charge in [-0.25, -0.2) is 4.68 Å². The molecule has 140 valence electrons. The van der Waals surface area contributed by atoms with E-state index in [9.17, 15) is 28.1 Å². The third-order valence-electron chi connectivity index (χ3n) is 3.43. The summed E-state index contributed by atoms with van der Waals surface area (Å²) in [7, 11) is 3.53. The van der Waals surface area contributed by atoms with Crippen molar-refractivity contribution in [3.05, 3.63) is 51.8 Å². The van der Waals surface area contributed by atoms with Crippen LogP contribution in [0, 0.1) is 10.1 Å². The molecule has 1 heterocycles. The lowest BCUT2D eigenvalue weighted by atomic mass is 10.2. The Morgan fingerprint density at radius 3 is 2.42 bits per heavy atom. The minimum absolute atomic E-state index is 0.0460. The fourth-order valence-electron chi connectivity index (χ4n) is 2.19. The van der Waals surface area contributed by atoms with E-state index >= 15 is 0 Å². The zero-order valence-corrected chi connectivity index (χ0v) is 13.9. The molecule has 0 unspecified atom stereocenters. The number of benzene rings is 1. The maximum absolute atomic E-state index is 13.5. The van der Waals surface area contributed by atoms with Crippen molar-refractivity contribution >= 4 is 11.6 Å². The van der Waals surface area contributed by atoms with Gasteiger partial charge in [-0.1, -0.05) is 0 Å². The molecule has 11 heteroatoms. The van der Waals surface area contributed by atoms with Gasteiger partial charge in [0.1, 0.15) is 0 Å². The lowest BCUT2D eigenvalue weighted by Gasteiger charge is -2.13. The number of carbonyl (C=O) groups is 1. The summed E-state index contributed by atoms with van der Waals surface area (Å²) in [4.78, 5) is 23.9. The molecular weight excluding hydrogens is 355 g/mol. The van der Waals surface area contributed by atoms with Crippen LogP contribution in [0.15, 0.2) is 30.5 Å². The van der Waals surface area contributed by atoms with Gasteiger partial charge in [-0.3, -0.25) is 14.9 Å². The number of non-ortho nitro benzene ring substituents is 1. The first-order valence-corrected chi connectivity index (χ1v) is 7.44. The van der Waals surface area contributed by atoms with Gasteiger partial charge in [0, 0.05) is 25.2 Å². The molecule has 0 radical (unpaired) electrons. The Morgan fingerprint density at radius 1 is 1.31 bits per heavy atom. The van der Waals surface area contributed by atoms with Gasteiger partial charge in [-0.05, 0) is 26.2 Å². The predicted octanol–water partition coefficient (Wildman–Crippen LogP) is 2.09. The molecule has 1 aromatic heterocycles. The smallest absolute Gasteiger partial charge is 0.351 e. The second-order valence-electron chi connectivity index (χ2n) is 5.65. The molecule has 1 amide bonds. The summed E-state index contributed by atoms with van der Waals surface area (Å²) in [6.45, 7) is 0.634. The molecule has 0 saturated carbocycles. The zero-order chi connectivity index (χ0) is 19.5. The van der Waals surface area contributed by atoms with E-state index < -0.39 is 28.3 Å². The summed E-state index contributed by atoms with van der Waals surface area (Å²) in [6, 6.07) is 4.39. The van der Waals surface area contributed by atoms with Gasteiger partial charge in [-0.15, -0.1) is 0 Å². The number of carbonyl (C=O) groups excluding carboxylic acids is 1. The third kappa shape index (κ3) is 4.36. The van der Waals surface area contributed by atoms with Gasteiger partial charge >= 0.3 is 6.18 Å². The second kappa shape index (κ2) is 7.52. The van der Waals surface area contributed by atoms with E-state index in [-0.39, 0.29) is 17.9 Å². The van der Waals surface area contributed by atoms with Crippen LogP contribution in [-0.4, -0.2) is 52.7 Å². The number of hydrogen-bond donors (Lipinski definition) is 1. The number of rotatable bonds is 6.